The Hall–Kier alpha value is -2.14. The number of hydrogen-bond acceptors (Lipinski definition) is 2. The number of aromatic amines is 1. The monoisotopic (exact) mass is 290 g/mol. The molecule has 2 rings (SSSR count). The number of aromatic nitrogens is 1. The number of rotatable bonds is 6. The summed E-state index contributed by atoms with van der Waals surface area (Å²) in [4.78, 5) is 14.8. The van der Waals surface area contributed by atoms with Crippen LogP contribution in [0.15, 0.2) is 42.6 Å². The minimum atomic E-state index is -0.730. The number of nitrogens with one attached hydrogen (secondary N) is 2. The fourth-order valence-corrected chi connectivity index (χ4v) is 2.19. The van der Waals surface area contributed by atoms with Crippen molar-refractivity contribution < 1.29 is 14.3 Å². The van der Waals surface area contributed by atoms with Crippen LogP contribution in [-0.4, -0.2) is 22.0 Å². The second-order valence-electron chi connectivity index (χ2n) is 5.14. The molecule has 0 saturated carbocycles. The van der Waals surface area contributed by atoms with Gasteiger partial charge in [-0.1, -0.05) is 12.1 Å². The Balaban J connectivity index is 1.82. The molecule has 0 aliphatic heterocycles. The first-order valence-electron chi connectivity index (χ1n) is 6.89. The Kier molecular flexibility index (Phi) is 5.11. The molecule has 1 amide bonds. The lowest BCUT2D eigenvalue weighted by Crippen LogP contribution is -2.34. The van der Waals surface area contributed by atoms with E-state index in [9.17, 15) is 14.3 Å². The van der Waals surface area contributed by atoms with Crippen molar-refractivity contribution in [3.05, 3.63) is 59.7 Å². The molecule has 0 bridgehead atoms. The van der Waals surface area contributed by atoms with E-state index in [2.05, 4.69) is 10.3 Å². The summed E-state index contributed by atoms with van der Waals surface area (Å²) in [5.41, 5.74) is 1.49. The molecule has 2 atom stereocenters. The summed E-state index contributed by atoms with van der Waals surface area (Å²) in [6.45, 7) is 1.83. The van der Waals surface area contributed by atoms with Gasteiger partial charge >= 0.3 is 0 Å². The maximum Gasteiger partial charge on any atom is 0.226 e. The Morgan fingerprint density at radius 1 is 1.33 bits per heavy atom. The van der Waals surface area contributed by atoms with Crippen molar-refractivity contribution in [1.82, 2.24) is 10.3 Å². The lowest BCUT2D eigenvalue weighted by molar-refractivity contribution is -0.121. The second kappa shape index (κ2) is 7.04. The van der Waals surface area contributed by atoms with Crippen LogP contribution in [0.1, 0.15) is 30.7 Å². The number of hydrogen-bond donors (Lipinski definition) is 3. The summed E-state index contributed by atoms with van der Waals surface area (Å²) in [6.07, 6.45) is 1.70. The smallest absolute Gasteiger partial charge is 0.226 e. The van der Waals surface area contributed by atoms with Crippen LogP contribution in [0.3, 0.4) is 0 Å². The zero-order valence-corrected chi connectivity index (χ0v) is 11.8. The van der Waals surface area contributed by atoms with Gasteiger partial charge in [-0.05, 0) is 43.2 Å². The fourth-order valence-electron chi connectivity index (χ4n) is 2.19. The number of aliphatic hydroxyl groups excluding tert-OH is 1. The molecule has 0 fully saturated rings. The van der Waals surface area contributed by atoms with Crippen molar-refractivity contribution >= 4 is 5.91 Å². The number of carbonyl (C=O) groups excluding carboxylic acids is 1. The number of amides is 1. The van der Waals surface area contributed by atoms with Gasteiger partial charge in [0.25, 0.3) is 0 Å². The zero-order chi connectivity index (χ0) is 15.2. The van der Waals surface area contributed by atoms with Crippen molar-refractivity contribution in [3.8, 4) is 0 Å². The van der Waals surface area contributed by atoms with Crippen molar-refractivity contribution in [2.24, 2.45) is 0 Å². The average Bonchev–Trinajstić information content (AvgIpc) is 2.91. The number of H-pyrrole nitrogens is 1. The molecule has 0 aliphatic rings. The summed E-state index contributed by atoms with van der Waals surface area (Å²) in [5.74, 6) is -0.436. The lowest BCUT2D eigenvalue weighted by atomic mass is 10.0. The van der Waals surface area contributed by atoms with Gasteiger partial charge in [0.2, 0.25) is 5.91 Å². The van der Waals surface area contributed by atoms with E-state index in [4.69, 9.17) is 0 Å². The van der Waals surface area contributed by atoms with Gasteiger partial charge in [-0.15, -0.1) is 0 Å². The highest BCUT2D eigenvalue weighted by Gasteiger charge is 2.15. The Morgan fingerprint density at radius 2 is 2.05 bits per heavy atom. The maximum absolute atomic E-state index is 12.8. The first kappa shape index (κ1) is 15.3. The van der Waals surface area contributed by atoms with Crippen LogP contribution < -0.4 is 5.32 Å². The Labute approximate surface area is 123 Å². The van der Waals surface area contributed by atoms with Gasteiger partial charge in [-0.25, -0.2) is 4.39 Å². The summed E-state index contributed by atoms with van der Waals surface area (Å²) in [5, 5.41) is 12.9. The fraction of sp³-hybridized carbons (Fsp3) is 0.312. The lowest BCUT2D eigenvalue weighted by Gasteiger charge is -2.18. The third-order valence-electron chi connectivity index (χ3n) is 3.25. The molecule has 1 aromatic carbocycles. The van der Waals surface area contributed by atoms with Crippen LogP contribution >= 0.6 is 0 Å². The van der Waals surface area contributed by atoms with Gasteiger partial charge in [0, 0.05) is 17.9 Å². The molecule has 0 radical (unpaired) electrons. The first-order chi connectivity index (χ1) is 10.0. The average molecular weight is 290 g/mol. The predicted molar refractivity (Wildman–Crippen MR) is 78.1 cm³/mol. The van der Waals surface area contributed by atoms with E-state index >= 15 is 0 Å². The standard InChI is InChI=1S/C16H19FN2O2/c1-11(19-16(21)10-14-3-2-8-18-14)9-15(20)12-4-6-13(17)7-5-12/h2-8,11,15,18,20H,9-10H2,1H3,(H,19,21). The number of benzene rings is 1. The summed E-state index contributed by atoms with van der Waals surface area (Å²) in [7, 11) is 0. The maximum atomic E-state index is 12.8. The van der Waals surface area contributed by atoms with Crippen LogP contribution in [0.5, 0.6) is 0 Å². The molecule has 0 spiro atoms. The van der Waals surface area contributed by atoms with Gasteiger partial charge in [0.15, 0.2) is 0 Å². The summed E-state index contributed by atoms with van der Waals surface area (Å²) < 4.78 is 12.8. The van der Waals surface area contributed by atoms with Crippen LogP contribution in [0, 0.1) is 5.82 Å². The molecule has 3 N–H and O–H groups in total. The zero-order valence-electron chi connectivity index (χ0n) is 11.8. The number of halogens is 1. The van der Waals surface area contributed by atoms with Crippen LogP contribution in [0.4, 0.5) is 4.39 Å². The molecule has 5 heteroatoms. The highest BCUT2D eigenvalue weighted by atomic mass is 19.1. The van der Waals surface area contributed by atoms with E-state index in [0.717, 1.165) is 5.69 Å². The molecule has 4 nitrogen and oxygen atoms in total. The van der Waals surface area contributed by atoms with Gasteiger partial charge in [-0.2, -0.15) is 0 Å². The molecule has 112 valence electrons. The van der Waals surface area contributed by atoms with E-state index in [-0.39, 0.29) is 24.2 Å². The normalized spacial score (nSPS) is 13.7. The van der Waals surface area contributed by atoms with Crippen LogP contribution in [-0.2, 0) is 11.2 Å². The highest BCUT2D eigenvalue weighted by molar-refractivity contribution is 5.78. The topological polar surface area (TPSA) is 65.1 Å². The van der Waals surface area contributed by atoms with Gasteiger partial charge in [0.1, 0.15) is 5.82 Å². The molecule has 2 aromatic rings. The minimum Gasteiger partial charge on any atom is -0.388 e. The molecule has 1 aromatic heterocycles. The van der Waals surface area contributed by atoms with Gasteiger partial charge < -0.3 is 15.4 Å². The Morgan fingerprint density at radius 3 is 2.67 bits per heavy atom. The van der Waals surface area contributed by atoms with Gasteiger partial charge in [-0.3, -0.25) is 4.79 Å². The quantitative estimate of drug-likeness (QED) is 0.764. The SMILES string of the molecule is CC(CC(O)c1ccc(F)cc1)NC(=O)Cc1ccc[nH]1. The van der Waals surface area contributed by atoms with E-state index in [1.807, 2.05) is 19.1 Å². The largest absolute Gasteiger partial charge is 0.388 e. The van der Waals surface area contributed by atoms with E-state index in [1.54, 1.807) is 18.3 Å². The molecule has 1 heterocycles. The molecule has 2 unspecified atom stereocenters. The molecule has 0 saturated heterocycles. The summed E-state index contributed by atoms with van der Waals surface area (Å²) in [6, 6.07) is 9.23. The van der Waals surface area contributed by atoms with Gasteiger partial charge in [0.05, 0.1) is 12.5 Å². The molecule has 21 heavy (non-hydrogen) atoms. The Bertz CT molecular complexity index is 566. The summed E-state index contributed by atoms with van der Waals surface area (Å²) >= 11 is 0. The van der Waals surface area contributed by atoms with E-state index in [0.29, 0.717) is 12.0 Å². The molecule has 0 aliphatic carbocycles. The second-order valence-corrected chi connectivity index (χ2v) is 5.14. The first-order valence-corrected chi connectivity index (χ1v) is 6.89. The third kappa shape index (κ3) is 4.72. The number of aliphatic hydroxyl groups is 1. The van der Waals surface area contributed by atoms with Crippen molar-refractivity contribution in [3.63, 3.8) is 0 Å². The minimum absolute atomic E-state index is 0.101. The van der Waals surface area contributed by atoms with Crippen molar-refractivity contribution in [1.29, 1.82) is 0 Å². The van der Waals surface area contributed by atoms with E-state index < -0.39 is 6.10 Å². The van der Waals surface area contributed by atoms with Crippen LogP contribution in [0.2, 0.25) is 0 Å². The molecular weight excluding hydrogens is 271 g/mol. The highest BCUT2D eigenvalue weighted by Crippen LogP contribution is 2.18. The van der Waals surface area contributed by atoms with Crippen molar-refractivity contribution in [2.45, 2.75) is 31.9 Å². The van der Waals surface area contributed by atoms with E-state index in [1.165, 1.54) is 12.1 Å². The third-order valence-corrected chi connectivity index (χ3v) is 3.25. The number of carbonyl (C=O) groups is 1. The van der Waals surface area contributed by atoms with Crippen molar-refractivity contribution in [2.75, 3.05) is 0 Å². The van der Waals surface area contributed by atoms with Crippen LogP contribution in [0.25, 0.3) is 0 Å². The molecular formula is C16H19FN2O2. The predicted octanol–water partition coefficient (Wildman–Crippen LogP) is 2.32.